The van der Waals surface area contributed by atoms with Crippen molar-refractivity contribution in [3.8, 4) is 0 Å². The molecule has 2 aliphatic heterocycles. The number of amides is 2. The second-order valence-electron chi connectivity index (χ2n) is 8.42. The number of hydrogen-bond acceptors (Lipinski definition) is 4. The Morgan fingerprint density at radius 2 is 1.87 bits per heavy atom. The van der Waals surface area contributed by atoms with Gasteiger partial charge in [-0.1, -0.05) is 0 Å². The fourth-order valence-corrected chi connectivity index (χ4v) is 4.42. The van der Waals surface area contributed by atoms with E-state index < -0.39 is 0 Å². The summed E-state index contributed by atoms with van der Waals surface area (Å²) in [6.45, 7) is 7.01. The third kappa shape index (κ3) is 4.40. The van der Waals surface area contributed by atoms with Gasteiger partial charge in [0.2, 0.25) is 5.95 Å². The van der Waals surface area contributed by atoms with E-state index in [2.05, 4.69) is 21.8 Å². The quantitative estimate of drug-likeness (QED) is 0.742. The molecule has 0 N–H and O–H groups in total. The number of carbonyl (C=O) groups excluding carboxylic acids is 1. The summed E-state index contributed by atoms with van der Waals surface area (Å²) in [6.07, 6.45) is 9.24. The molecule has 0 bridgehead atoms. The highest BCUT2D eigenvalue weighted by Gasteiger charge is 2.30. The molecule has 1 atom stereocenters. The Morgan fingerprint density at radius 3 is 2.50 bits per heavy atom. The summed E-state index contributed by atoms with van der Waals surface area (Å²) in [7, 11) is 0. The van der Waals surface area contributed by atoms with Gasteiger partial charge in [0, 0.05) is 49.3 Å². The maximum absolute atomic E-state index is 13.7. The van der Waals surface area contributed by atoms with E-state index in [1.54, 1.807) is 11.0 Å². The predicted octanol–water partition coefficient (Wildman–Crippen LogP) is 4.53. The van der Waals surface area contributed by atoms with Crippen LogP contribution in [0.5, 0.6) is 0 Å². The molecule has 2 aliphatic rings. The van der Waals surface area contributed by atoms with E-state index in [9.17, 15) is 9.18 Å². The van der Waals surface area contributed by atoms with Crippen molar-refractivity contribution in [1.82, 2.24) is 14.9 Å². The van der Waals surface area contributed by atoms with Gasteiger partial charge in [-0.15, -0.1) is 0 Å². The molecule has 0 aliphatic carbocycles. The molecule has 0 unspecified atom stereocenters. The van der Waals surface area contributed by atoms with Crippen molar-refractivity contribution in [3.63, 3.8) is 0 Å². The first-order valence-corrected chi connectivity index (χ1v) is 10.9. The van der Waals surface area contributed by atoms with Gasteiger partial charge in [0.05, 0.1) is 6.54 Å². The molecule has 0 spiro atoms. The van der Waals surface area contributed by atoms with Crippen LogP contribution in [0.25, 0.3) is 0 Å². The number of benzene rings is 1. The molecule has 160 valence electrons. The van der Waals surface area contributed by atoms with Crippen LogP contribution in [-0.2, 0) is 6.54 Å². The number of nitrogens with zero attached hydrogens (tertiary/aromatic N) is 5. The summed E-state index contributed by atoms with van der Waals surface area (Å²) >= 11 is 0. The molecule has 1 aromatic heterocycles. The summed E-state index contributed by atoms with van der Waals surface area (Å²) in [5.74, 6) is 0.454. The molecule has 2 amide bonds. The number of rotatable bonds is 4. The van der Waals surface area contributed by atoms with Crippen LogP contribution in [0.1, 0.15) is 50.2 Å². The molecule has 30 heavy (non-hydrogen) atoms. The number of hydrogen-bond donors (Lipinski definition) is 0. The molecule has 2 aromatic rings. The maximum atomic E-state index is 13.7. The summed E-state index contributed by atoms with van der Waals surface area (Å²) in [5.41, 5.74) is 2.32. The summed E-state index contributed by atoms with van der Waals surface area (Å²) < 4.78 is 13.7. The molecule has 1 aromatic carbocycles. The first-order chi connectivity index (χ1) is 14.5. The third-order valence-electron chi connectivity index (χ3n) is 6.15. The highest BCUT2D eigenvalue weighted by molar-refractivity contribution is 5.93. The molecule has 4 rings (SSSR count). The van der Waals surface area contributed by atoms with Crippen molar-refractivity contribution in [2.75, 3.05) is 29.4 Å². The monoisotopic (exact) mass is 411 g/mol. The minimum absolute atomic E-state index is 0.0465. The van der Waals surface area contributed by atoms with Crippen LogP contribution in [0.2, 0.25) is 0 Å². The number of aromatic nitrogens is 2. The molecule has 0 radical (unpaired) electrons. The highest BCUT2D eigenvalue weighted by Crippen LogP contribution is 2.27. The Balaban J connectivity index is 1.58. The Kier molecular flexibility index (Phi) is 6.16. The van der Waals surface area contributed by atoms with Crippen LogP contribution in [0.4, 0.5) is 20.8 Å². The average molecular weight is 412 g/mol. The average Bonchev–Trinajstić information content (AvgIpc) is 3.19. The fraction of sp³-hybridized carbons (Fsp3) is 0.522. The van der Waals surface area contributed by atoms with Gasteiger partial charge in [-0.2, -0.15) is 0 Å². The fourth-order valence-electron chi connectivity index (χ4n) is 4.42. The summed E-state index contributed by atoms with van der Waals surface area (Å²) in [4.78, 5) is 28.4. The summed E-state index contributed by atoms with van der Waals surface area (Å²) in [5, 5.41) is 0. The lowest BCUT2D eigenvalue weighted by Gasteiger charge is -2.31. The molecular weight excluding hydrogens is 381 g/mol. The molecule has 2 fully saturated rings. The smallest absolute Gasteiger partial charge is 0.325 e. The van der Waals surface area contributed by atoms with Crippen LogP contribution >= 0.6 is 0 Å². The zero-order valence-corrected chi connectivity index (χ0v) is 17.9. The zero-order valence-electron chi connectivity index (χ0n) is 17.9. The van der Waals surface area contributed by atoms with Gasteiger partial charge < -0.3 is 9.80 Å². The van der Waals surface area contributed by atoms with Crippen molar-refractivity contribution < 1.29 is 9.18 Å². The van der Waals surface area contributed by atoms with Gasteiger partial charge in [-0.25, -0.2) is 19.2 Å². The number of piperidine rings is 1. The minimum Gasteiger partial charge on any atom is -0.341 e. The van der Waals surface area contributed by atoms with Crippen molar-refractivity contribution in [2.45, 2.75) is 58.5 Å². The molecule has 2 saturated heterocycles. The van der Waals surface area contributed by atoms with Gasteiger partial charge in [-0.3, -0.25) is 4.90 Å². The van der Waals surface area contributed by atoms with Gasteiger partial charge in [0.15, 0.2) is 0 Å². The second kappa shape index (κ2) is 8.98. The van der Waals surface area contributed by atoms with E-state index in [1.165, 1.54) is 31.4 Å². The van der Waals surface area contributed by atoms with Crippen molar-refractivity contribution in [2.24, 2.45) is 0 Å². The number of halogens is 1. The lowest BCUT2D eigenvalue weighted by molar-refractivity contribution is 0.202. The largest absolute Gasteiger partial charge is 0.341 e. The minimum atomic E-state index is -0.299. The lowest BCUT2D eigenvalue weighted by Crippen LogP contribution is -2.44. The van der Waals surface area contributed by atoms with Crippen LogP contribution in [0, 0.1) is 12.7 Å². The number of carbonyl (C=O) groups is 1. The zero-order chi connectivity index (χ0) is 21.1. The number of aryl methyl sites for hydroxylation is 1. The van der Waals surface area contributed by atoms with Crippen LogP contribution < -0.4 is 9.80 Å². The standard InChI is InChI=1S/C23H30FN5O/c1-17-13-20(24)8-9-21(17)29(23(30)28-12-6-7-18(28)2)16-19-14-25-22(26-15-19)27-10-4-3-5-11-27/h8-9,13-15,18H,3-7,10-12,16H2,1-2H3/t18-/m1/s1. The highest BCUT2D eigenvalue weighted by atomic mass is 19.1. The molecule has 6 nitrogen and oxygen atoms in total. The van der Waals surface area contributed by atoms with Gasteiger partial charge in [0.25, 0.3) is 0 Å². The van der Waals surface area contributed by atoms with Crippen LogP contribution in [0.3, 0.4) is 0 Å². The van der Waals surface area contributed by atoms with Crippen LogP contribution in [0.15, 0.2) is 30.6 Å². The van der Waals surface area contributed by atoms with Crippen molar-refractivity contribution in [1.29, 1.82) is 0 Å². The molecule has 3 heterocycles. The molecule has 7 heteroatoms. The van der Waals surface area contributed by atoms with E-state index in [-0.39, 0.29) is 17.9 Å². The summed E-state index contributed by atoms with van der Waals surface area (Å²) in [6, 6.07) is 4.73. The topological polar surface area (TPSA) is 52.6 Å². The SMILES string of the molecule is Cc1cc(F)ccc1N(Cc1cnc(N2CCCCC2)nc1)C(=O)N1CCC[C@H]1C. The first-order valence-electron chi connectivity index (χ1n) is 10.9. The third-order valence-corrected chi connectivity index (χ3v) is 6.15. The molecular formula is C23H30FN5O. The Bertz CT molecular complexity index is 882. The van der Waals surface area contributed by atoms with Crippen LogP contribution in [-0.4, -0.2) is 46.6 Å². The van der Waals surface area contributed by atoms with Crippen molar-refractivity contribution in [3.05, 3.63) is 47.5 Å². The Morgan fingerprint density at radius 1 is 1.13 bits per heavy atom. The lowest BCUT2D eigenvalue weighted by atomic mass is 10.1. The van der Waals surface area contributed by atoms with E-state index in [1.807, 2.05) is 24.2 Å². The Labute approximate surface area is 177 Å². The van der Waals surface area contributed by atoms with E-state index >= 15 is 0 Å². The second-order valence-corrected chi connectivity index (χ2v) is 8.42. The predicted molar refractivity (Wildman–Crippen MR) is 116 cm³/mol. The van der Waals surface area contributed by atoms with Gasteiger partial charge in [0.1, 0.15) is 5.82 Å². The first kappa shape index (κ1) is 20.6. The van der Waals surface area contributed by atoms with Gasteiger partial charge >= 0.3 is 6.03 Å². The maximum Gasteiger partial charge on any atom is 0.325 e. The van der Waals surface area contributed by atoms with E-state index in [0.29, 0.717) is 6.54 Å². The molecule has 0 saturated carbocycles. The number of anilines is 2. The number of urea groups is 1. The van der Waals surface area contributed by atoms with Crippen molar-refractivity contribution >= 4 is 17.7 Å². The van der Waals surface area contributed by atoms with E-state index in [4.69, 9.17) is 0 Å². The van der Waals surface area contributed by atoms with Gasteiger partial charge in [-0.05, 0) is 69.7 Å². The Hall–Kier alpha value is -2.70. The van der Waals surface area contributed by atoms with E-state index in [0.717, 1.165) is 55.2 Å². The normalized spacial score (nSPS) is 19.2. The number of likely N-dealkylation sites (tertiary alicyclic amines) is 1.